The summed E-state index contributed by atoms with van der Waals surface area (Å²) in [6.45, 7) is 4.49. The van der Waals surface area contributed by atoms with Gasteiger partial charge in [-0.1, -0.05) is 38.1 Å². The molecule has 6 nitrogen and oxygen atoms in total. The molecule has 0 aromatic heterocycles. The third-order valence-electron chi connectivity index (χ3n) is 5.05. The molecule has 0 unspecified atom stereocenters. The van der Waals surface area contributed by atoms with Gasteiger partial charge in [0.2, 0.25) is 5.91 Å². The average Bonchev–Trinajstić information content (AvgIpc) is 2.79. The Hall–Kier alpha value is -3.39. The number of halogens is 1. The topological polar surface area (TPSA) is 72.9 Å². The van der Waals surface area contributed by atoms with Crippen LogP contribution in [0.3, 0.4) is 0 Å². The van der Waals surface area contributed by atoms with Crippen molar-refractivity contribution in [2.75, 3.05) is 7.11 Å². The van der Waals surface area contributed by atoms with Gasteiger partial charge in [0, 0.05) is 19.5 Å². The zero-order chi connectivity index (χ0) is 24.7. The van der Waals surface area contributed by atoms with Crippen LogP contribution in [0.2, 0.25) is 0 Å². The summed E-state index contributed by atoms with van der Waals surface area (Å²) >= 11 is 0. The molecule has 0 fully saturated rings. The molecule has 0 bridgehead atoms. The number of nitrogens with zero attached hydrogens (tertiary/aromatic N) is 1. The van der Waals surface area contributed by atoms with Crippen LogP contribution >= 0.6 is 0 Å². The van der Waals surface area contributed by atoms with Gasteiger partial charge in [0.15, 0.2) is 0 Å². The number of methoxy groups -OCH3 is 1. The number of carbonyl (C=O) groups excluding carboxylic acids is 1. The van der Waals surface area contributed by atoms with Crippen molar-refractivity contribution in [3.8, 4) is 11.5 Å². The van der Waals surface area contributed by atoms with Gasteiger partial charge in [0.1, 0.15) is 22.2 Å². The van der Waals surface area contributed by atoms with Crippen molar-refractivity contribution in [1.29, 1.82) is 0 Å². The van der Waals surface area contributed by atoms with Crippen LogP contribution in [-0.4, -0.2) is 26.3 Å². The van der Waals surface area contributed by atoms with Crippen LogP contribution in [0.5, 0.6) is 11.5 Å². The Morgan fingerprint density at radius 1 is 0.912 bits per heavy atom. The minimum atomic E-state index is -4.04. The van der Waals surface area contributed by atoms with E-state index in [1.807, 2.05) is 13.8 Å². The summed E-state index contributed by atoms with van der Waals surface area (Å²) in [5, 5.41) is 0. The molecule has 0 heterocycles. The van der Waals surface area contributed by atoms with Crippen LogP contribution in [0.1, 0.15) is 31.4 Å². The van der Waals surface area contributed by atoms with Crippen LogP contribution < -0.4 is 8.92 Å². The predicted octanol–water partition coefficient (Wildman–Crippen LogP) is 5.18. The van der Waals surface area contributed by atoms with E-state index in [2.05, 4.69) is 0 Å². The Morgan fingerprint density at radius 2 is 1.56 bits per heavy atom. The number of ether oxygens (including phenoxy) is 1. The van der Waals surface area contributed by atoms with Crippen molar-refractivity contribution >= 4 is 16.0 Å². The van der Waals surface area contributed by atoms with Gasteiger partial charge in [0.25, 0.3) is 0 Å². The molecule has 8 heteroatoms. The molecule has 0 aliphatic heterocycles. The second kappa shape index (κ2) is 11.2. The number of hydrogen-bond acceptors (Lipinski definition) is 5. The van der Waals surface area contributed by atoms with Crippen molar-refractivity contribution in [1.82, 2.24) is 4.90 Å². The maximum absolute atomic E-state index is 13.3. The molecule has 3 aromatic carbocycles. The van der Waals surface area contributed by atoms with E-state index in [9.17, 15) is 17.6 Å². The van der Waals surface area contributed by atoms with Gasteiger partial charge in [-0.3, -0.25) is 4.79 Å². The van der Waals surface area contributed by atoms with Crippen LogP contribution in [0.25, 0.3) is 0 Å². The summed E-state index contributed by atoms with van der Waals surface area (Å²) in [4.78, 5) is 14.6. The Balaban J connectivity index is 1.79. The van der Waals surface area contributed by atoms with Crippen LogP contribution in [0.4, 0.5) is 4.39 Å². The van der Waals surface area contributed by atoms with E-state index in [0.717, 1.165) is 5.56 Å². The maximum Gasteiger partial charge on any atom is 0.339 e. The molecule has 0 atom stereocenters. The molecular weight excluding hydrogens is 457 g/mol. The van der Waals surface area contributed by atoms with Crippen LogP contribution in [-0.2, 0) is 28.0 Å². The van der Waals surface area contributed by atoms with E-state index < -0.39 is 10.1 Å². The summed E-state index contributed by atoms with van der Waals surface area (Å²) in [5.74, 6) is 0.468. The molecule has 180 valence electrons. The first-order chi connectivity index (χ1) is 16.2. The molecule has 0 N–H and O–H groups in total. The minimum absolute atomic E-state index is 0.00347. The third-order valence-corrected chi connectivity index (χ3v) is 6.31. The lowest BCUT2D eigenvalue weighted by Gasteiger charge is -2.24. The highest BCUT2D eigenvalue weighted by atomic mass is 32.2. The molecule has 34 heavy (non-hydrogen) atoms. The normalized spacial score (nSPS) is 11.3. The predicted molar refractivity (Wildman–Crippen MR) is 127 cm³/mol. The monoisotopic (exact) mass is 485 g/mol. The molecule has 0 radical (unpaired) electrons. The van der Waals surface area contributed by atoms with E-state index in [-0.39, 0.29) is 34.8 Å². The second-order valence-corrected chi connectivity index (χ2v) is 9.88. The molecule has 0 aliphatic carbocycles. The quantitative estimate of drug-likeness (QED) is 0.370. The van der Waals surface area contributed by atoms with Gasteiger partial charge in [-0.15, -0.1) is 0 Å². The highest BCUT2D eigenvalue weighted by Crippen LogP contribution is 2.23. The molecule has 0 saturated carbocycles. The lowest BCUT2D eigenvalue weighted by Crippen LogP contribution is -2.31. The number of rotatable bonds is 10. The number of hydrogen-bond donors (Lipinski definition) is 0. The average molecular weight is 486 g/mol. The lowest BCUT2D eigenvalue weighted by molar-refractivity contribution is -0.133. The fourth-order valence-corrected chi connectivity index (χ4v) is 4.28. The van der Waals surface area contributed by atoms with Gasteiger partial charge in [-0.2, -0.15) is 8.42 Å². The number of benzene rings is 3. The van der Waals surface area contributed by atoms with E-state index >= 15 is 0 Å². The minimum Gasteiger partial charge on any atom is -0.497 e. The van der Waals surface area contributed by atoms with E-state index in [4.69, 9.17) is 8.92 Å². The zero-order valence-electron chi connectivity index (χ0n) is 19.4. The fraction of sp³-hybridized carbons (Fsp3) is 0.269. The van der Waals surface area contributed by atoms with E-state index in [1.54, 1.807) is 53.4 Å². The highest BCUT2D eigenvalue weighted by Gasteiger charge is 2.19. The first-order valence-corrected chi connectivity index (χ1v) is 12.3. The van der Waals surface area contributed by atoms with Crippen molar-refractivity contribution in [3.63, 3.8) is 0 Å². The molecular formula is C26H28FNO5S. The second-order valence-electron chi connectivity index (χ2n) is 8.33. The van der Waals surface area contributed by atoms with E-state index in [0.29, 0.717) is 24.3 Å². The van der Waals surface area contributed by atoms with Crippen molar-refractivity contribution in [3.05, 3.63) is 89.7 Å². The zero-order valence-corrected chi connectivity index (χ0v) is 20.2. The first kappa shape index (κ1) is 25.2. The molecule has 0 saturated heterocycles. The maximum atomic E-state index is 13.3. The Kier molecular flexibility index (Phi) is 8.28. The van der Waals surface area contributed by atoms with E-state index in [1.165, 1.54) is 31.4 Å². The molecule has 3 rings (SSSR count). The Bertz CT molecular complexity index is 1210. The van der Waals surface area contributed by atoms with Crippen LogP contribution in [0.15, 0.2) is 77.7 Å². The summed E-state index contributed by atoms with van der Waals surface area (Å²) in [5.41, 5.74) is 1.51. The summed E-state index contributed by atoms with van der Waals surface area (Å²) in [6.07, 6.45) is 0.364. The van der Waals surface area contributed by atoms with Gasteiger partial charge < -0.3 is 13.8 Å². The number of amides is 1. The van der Waals surface area contributed by atoms with Crippen molar-refractivity contribution in [2.45, 2.75) is 38.3 Å². The van der Waals surface area contributed by atoms with Gasteiger partial charge in [-0.25, -0.2) is 4.39 Å². The van der Waals surface area contributed by atoms with Gasteiger partial charge in [0.05, 0.1) is 7.11 Å². The SMILES string of the molecule is COc1ccc(S(=O)(=O)Oc2cccc(CN(Cc3ccc(F)cc3)C(=O)CC(C)C)c2)cc1. The summed E-state index contributed by atoms with van der Waals surface area (Å²) in [7, 11) is -2.54. The lowest BCUT2D eigenvalue weighted by atomic mass is 10.1. The smallest absolute Gasteiger partial charge is 0.339 e. The molecule has 1 amide bonds. The molecule has 0 spiro atoms. The van der Waals surface area contributed by atoms with Crippen molar-refractivity contribution in [2.24, 2.45) is 5.92 Å². The third kappa shape index (κ3) is 7.05. The van der Waals surface area contributed by atoms with Crippen LogP contribution in [0, 0.1) is 11.7 Å². The fourth-order valence-electron chi connectivity index (χ4n) is 3.35. The number of carbonyl (C=O) groups is 1. The summed E-state index contributed by atoms with van der Waals surface area (Å²) in [6, 6.07) is 18.5. The first-order valence-electron chi connectivity index (χ1n) is 10.9. The van der Waals surface area contributed by atoms with Gasteiger partial charge >= 0.3 is 10.1 Å². The standard InChI is InChI=1S/C26H28FNO5S/c1-19(2)15-26(29)28(17-20-7-9-22(27)10-8-20)18-21-5-4-6-24(16-21)33-34(30,31)25-13-11-23(32-3)12-14-25/h4-14,16,19H,15,17-18H2,1-3H3. The van der Waals surface area contributed by atoms with Gasteiger partial charge in [-0.05, 0) is 65.6 Å². The van der Waals surface area contributed by atoms with Crippen molar-refractivity contribution < 1.29 is 26.5 Å². The molecule has 3 aromatic rings. The molecule has 0 aliphatic rings. The largest absolute Gasteiger partial charge is 0.497 e. The Labute approximate surface area is 200 Å². The highest BCUT2D eigenvalue weighted by molar-refractivity contribution is 7.87. The Morgan fingerprint density at radius 3 is 2.18 bits per heavy atom. The summed E-state index contributed by atoms with van der Waals surface area (Å²) < 4.78 is 49.0.